The first-order valence-corrected chi connectivity index (χ1v) is 15.2. The number of carbonyl (C=O) groups is 2. The molecule has 0 bridgehead atoms. The Morgan fingerprint density at radius 3 is 2.26 bits per heavy atom. The number of halogens is 2. The van der Waals surface area contributed by atoms with Crippen LogP contribution in [0.15, 0.2) is 77.3 Å². The molecule has 0 heterocycles. The minimum atomic E-state index is -3.85. The maximum Gasteiger partial charge on any atom is 0.244 e. The molecule has 0 spiro atoms. The zero-order valence-electron chi connectivity index (χ0n) is 22.2. The van der Waals surface area contributed by atoms with Crippen LogP contribution in [0.2, 0.25) is 0 Å². The Labute approximate surface area is 238 Å². The lowest BCUT2D eigenvalue weighted by Gasteiger charge is -2.33. The number of benzene rings is 3. The highest BCUT2D eigenvalue weighted by molar-refractivity contribution is 9.10. The van der Waals surface area contributed by atoms with Crippen LogP contribution in [0.3, 0.4) is 0 Å². The molecule has 0 radical (unpaired) electrons. The van der Waals surface area contributed by atoms with Crippen molar-refractivity contribution in [1.29, 1.82) is 0 Å². The van der Waals surface area contributed by atoms with Gasteiger partial charge in [0.1, 0.15) is 18.4 Å². The number of sulfonamides is 1. The minimum Gasteiger partial charge on any atom is -0.354 e. The monoisotopic (exact) mass is 617 g/mol. The van der Waals surface area contributed by atoms with Gasteiger partial charge in [-0.2, -0.15) is 0 Å². The number of anilines is 1. The van der Waals surface area contributed by atoms with Crippen molar-refractivity contribution >= 4 is 43.5 Å². The van der Waals surface area contributed by atoms with Gasteiger partial charge in [-0.3, -0.25) is 13.9 Å². The quantitative estimate of drug-likeness (QED) is 0.315. The van der Waals surface area contributed by atoms with Crippen LogP contribution in [0.5, 0.6) is 0 Å². The molecular formula is C29H33BrFN3O4S. The molecule has 3 aromatic carbocycles. The van der Waals surface area contributed by atoms with E-state index in [9.17, 15) is 22.4 Å². The Morgan fingerprint density at radius 2 is 1.67 bits per heavy atom. The van der Waals surface area contributed by atoms with Gasteiger partial charge < -0.3 is 10.2 Å². The normalized spacial score (nSPS) is 12.0. The summed E-state index contributed by atoms with van der Waals surface area (Å²) >= 11 is 3.42. The highest BCUT2D eigenvalue weighted by atomic mass is 79.9. The predicted octanol–water partition coefficient (Wildman–Crippen LogP) is 4.83. The van der Waals surface area contributed by atoms with Crippen LogP contribution < -0.4 is 9.62 Å². The van der Waals surface area contributed by atoms with Crippen molar-refractivity contribution in [2.75, 3.05) is 23.7 Å². The fourth-order valence-corrected chi connectivity index (χ4v) is 5.19. The molecule has 7 nitrogen and oxygen atoms in total. The van der Waals surface area contributed by atoms with E-state index in [-0.39, 0.29) is 18.9 Å². The van der Waals surface area contributed by atoms with E-state index in [1.807, 2.05) is 44.2 Å². The molecule has 3 rings (SSSR count). The van der Waals surface area contributed by atoms with Crippen molar-refractivity contribution in [3.63, 3.8) is 0 Å². The van der Waals surface area contributed by atoms with E-state index in [0.717, 1.165) is 26.2 Å². The standard InChI is InChI=1S/C29H33BrFN3O4S/c1-4-16-32-29(36)27(18-22-8-6-5-7-9-22)33(19-23-10-12-24(31)13-11-23)28(35)20-34(39(3,37)38)25-14-15-26(30)21(2)17-25/h5-15,17,27H,4,16,18-20H2,1-3H3,(H,32,36)/t27-/m1/s1. The summed E-state index contributed by atoms with van der Waals surface area (Å²) in [5.41, 5.74) is 2.59. The van der Waals surface area contributed by atoms with Gasteiger partial charge in [-0.05, 0) is 60.4 Å². The number of rotatable bonds is 12. The molecule has 0 fully saturated rings. The van der Waals surface area contributed by atoms with Gasteiger partial charge in [0.15, 0.2) is 0 Å². The summed E-state index contributed by atoms with van der Waals surface area (Å²) in [5.74, 6) is -1.33. The maximum atomic E-state index is 14.0. The minimum absolute atomic E-state index is 0.00682. The average molecular weight is 619 g/mol. The van der Waals surface area contributed by atoms with E-state index in [1.54, 1.807) is 30.3 Å². The Bertz CT molecular complexity index is 1390. The van der Waals surface area contributed by atoms with Crippen molar-refractivity contribution in [3.05, 3.63) is 99.8 Å². The number of nitrogens with one attached hydrogen (secondary N) is 1. The maximum absolute atomic E-state index is 14.0. The molecule has 0 unspecified atom stereocenters. The van der Waals surface area contributed by atoms with Crippen molar-refractivity contribution < 1.29 is 22.4 Å². The van der Waals surface area contributed by atoms with Gasteiger partial charge in [-0.1, -0.05) is 65.3 Å². The molecular weight excluding hydrogens is 585 g/mol. The summed E-state index contributed by atoms with van der Waals surface area (Å²) in [6, 6.07) is 19.1. The number of hydrogen-bond donors (Lipinski definition) is 1. The van der Waals surface area contributed by atoms with E-state index in [2.05, 4.69) is 21.2 Å². The summed E-state index contributed by atoms with van der Waals surface area (Å²) in [7, 11) is -3.85. The van der Waals surface area contributed by atoms with Crippen molar-refractivity contribution in [1.82, 2.24) is 10.2 Å². The molecule has 208 valence electrons. The average Bonchev–Trinajstić information content (AvgIpc) is 2.90. The zero-order valence-corrected chi connectivity index (χ0v) is 24.6. The second-order valence-corrected chi connectivity index (χ2v) is 12.1. The molecule has 1 atom stereocenters. The van der Waals surface area contributed by atoms with E-state index < -0.39 is 34.3 Å². The molecule has 1 N–H and O–H groups in total. The highest BCUT2D eigenvalue weighted by Gasteiger charge is 2.33. The largest absolute Gasteiger partial charge is 0.354 e. The Hall–Kier alpha value is -3.24. The molecule has 0 aliphatic carbocycles. The number of amides is 2. The highest BCUT2D eigenvalue weighted by Crippen LogP contribution is 2.25. The molecule has 0 saturated carbocycles. The lowest BCUT2D eigenvalue weighted by molar-refractivity contribution is -0.140. The fraction of sp³-hybridized carbons (Fsp3) is 0.310. The van der Waals surface area contributed by atoms with E-state index in [4.69, 9.17) is 0 Å². The van der Waals surface area contributed by atoms with Gasteiger partial charge in [-0.15, -0.1) is 0 Å². The van der Waals surface area contributed by atoms with E-state index >= 15 is 0 Å². The summed E-state index contributed by atoms with van der Waals surface area (Å²) < 4.78 is 41.2. The lowest BCUT2D eigenvalue weighted by atomic mass is 10.0. The second-order valence-electron chi connectivity index (χ2n) is 9.35. The van der Waals surface area contributed by atoms with Gasteiger partial charge >= 0.3 is 0 Å². The van der Waals surface area contributed by atoms with Crippen LogP contribution in [-0.2, 0) is 32.6 Å². The van der Waals surface area contributed by atoms with Crippen LogP contribution >= 0.6 is 15.9 Å². The zero-order chi connectivity index (χ0) is 28.6. The van der Waals surface area contributed by atoms with Crippen molar-refractivity contribution in [2.45, 2.75) is 39.3 Å². The van der Waals surface area contributed by atoms with Crippen LogP contribution in [-0.4, -0.2) is 50.5 Å². The van der Waals surface area contributed by atoms with Gasteiger partial charge in [0.2, 0.25) is 21.8 Å². The third-order valence-corrected chi connectivity index (χ3v) is 8.23. The smallest absolute Gasteiger partial charge is 0.244 e. The molecule has 0 aliphatic rings. The molecule has 10 heteroatoms. The van der Waals surface area contributed by atoms with Crippen LogP contribution in [0.25, 0.3) is 0 Å². The number of nitrogens with zero attached hydrogens (tertiary/aromatic N) is 2. The predicted molar refractivity (Wildman–Crippen MR) is 155 cm³/mol. The first-order valence-electron chi connectivity index (χ1n) is 12.6. The number of aryl methyl sites for hydroxylation is 1. The molecule has 2 amide bonds. The van der Waals surface area contributed by atoms with Crippen LogP contribution in [0.1, 0.15) is 30.0 Å². The van der Waals surface area contributed by atoms with Crippen molar-refractivity contribution in [3.8, 4) is 0 Å². The Morgan fingerprint density at radius 1 is 1.00 bits per heavy atom. The van der Waals surface area contributed by atoms with E-state index in [1.165, 1.54) is 17.0 Å². The van der Waals surface area contributed by atoms with Gasteiger partial charge in [-0.25, -0.2) is 12.8 Å². The number of carbonyl (C=O) groups excluding carboxylic acids is 2. The Kier molecular flexibility index (Phi) is 10.7. The molecule has 0 aliphatic heterocycles. The number of hydrogen-bond acceptors (Lipinski definition) is 4. The molecule has 0 aromatic heterocycles. The SMILES string of the molecule is CCCNC(=O)[C@@H](Cc1ccccc1)N(Cc1ccc(F)cc1)C(=O)CN(c1ccc(Br)c(C)c1)S(C)(=O)=O. The van der Waals surface area contributed by atoms with Gasteiger partial charge in [0, 0.05) is 24.0 Å². The molecule has 3 aromatic rings. The first kappa shape index (κ1) is 30.3. The van der Waals surface area contributed by atoms with Gasteiger partial charge in [0.05, 0.1) is 11.9 Å². The van der Waals surface area contributed by atoms with Crippen molar-refractivity contribution in [2.24, 2.45) is 0 Å². The second kappa shape index (κ2) is 13.7. The third kappa shape index (κ3) is 8.63. The first-order chi connectivity index (χ1) is 18.5. The third-order valence-electron chi connectivity index (χ3n) is 6.20. The van der Waals surface area contributed by atoms with Crippen LogP contribution in [0.4, 0.5) is 10.1 Å². The summed E-state index contributed by atoms with van der Waals surface area (Å²) in [5, 5.41) is 2.88. The summed E-state index contributed by atoms with van der Waals surface area (Å²) in [6.07, 6.45) is 1.97. The lowest BCUT2D eigenvalue weighted by Crippen LogP contribution is -2.53. The fourth-order valence-electron chi connectivity index (χ4n) is 4.10. The van der Waals surface area contributed by atoms with E-state index in [0.29, 0.717) is 24.2 Å². The van der Waals surface area contributed by atoms with Crippen LogP contribution in [0, 0.1) is 12.7 Å². The Balaban J connectivity index is 2.04. The van der Waals surface area contributed by atoms with Gasteiger partial charge in [0.25, 0.3) is 0 Å². The summed E-state index contributed by atoms with van der Waals surface area (Å²) in [4.78, 5) is 28.8. The topological polar surface area (TPSA) is 86.8 Å². The molecule has 39 heavy (non-hydrogen) atoms. The molecule has 0 saturated heterocycles. The summed E-state index contributed by atoms with van der Waals surface area (Å²) in [6.45, 7) is 3.67.